The number of nitrogens with one attached hydrogen (secondary N) is 1. The number of fused-ring (bicyclic) bond motifs is 1. The number of piperidine rings is 1. The summed E-state index contributed by atoms with van der Waals surface area (Å²) in [6.07, 6.45) is 0.982. The monoisotopic (exact) mass is 318 g/mol. The molecule has 0 radical (unpaired) electrons. The molecule has 2 aliphatic heterocycles. The zero-order valence-electron chi connectivity index (χ0n) is 14.2. The van der Waals surface area contributed by atoms with E-state index >= 15 is 0 Å². The van der Waals surface area contributed by atoms with Crippen LogP contribution in [0.5, 0.6) is 11.5 Å². The quantitative estimate of drug-likeness (QED) is 0.895. The van der Waals surface area contributed by atoms with Crippen molar-refractivity contribution in [3.05, 3.63) is 23.8 Å². The second-order valence-corrected chi connectivity index (χ2v) is 6.66. The normalized spacial score (nSPS) is 27.4. The van der Waals surface area contributed by atoms with Crippen molar-refractivity contribution in [3.63, 3.8) is 0 Å². The molecule has 2 saturated heterocycles. The van der Waals surface area contributed by atoms with Crippen molar-refractivity contribution in [1.82, 2.24) is 10.2 Å². The van der Waals surface area contributed by atoms with Gasteiger partial charge in [-0.15, -0.1) is 0 Å². The van der Waals surface area contributed by atoms with Gasteiger partial charge in [0.2, 0.25) is 5.91 Å². The Morgan fingerprint density at radius 1 is 1.22 bits per heavy atom. The number of amides is 1. The molecule has 3 atom stereocenters. The molecule has 5 heteroatoms. The number of ether oxygens (including phenoxy) is 2. The zero-order valence-corrected chi connectivity index (χ0v) is 14.2. The first kappa shape index (κ1) is 16.1. The Bertz CT molecular complexity index is 575. The van der Waals surface area contributed by atoms with E-state index in [1.807, 2.05) is 6.07 Å². The number of benzene rings is 1. The smallest absolute Gasteiger partial charge is 0.223 e. The van der Waals surface area contributed by atoms with Crippen molar-refractivity contribution >= 4 is 5.91 Å². The Labute approximate surface area is 137 Å². The van der Waals surface area contributed by atoms with E-state index in [-0.39, 0.29) is 11.8 Å². The summed E-state index contributed by atoms with van der Waals surface area (Å²) in [5, 5.41) is 3.03. The van der Waals surface area contributed by atoms with Crippen LogP contribution in [0.2, 0.25) is 0 Å². The van der Waals surface area contributed by atoms with Gasteiger partial charge >= 0.3 is 0 Å². The average Bonchev–Trinajstić information content (AvgIpc) is 3.00. The molecule has 0 aliphatic carbocycles. The van der Waals surface area contributed by atoms with Crippen LogP contribution in [0.3, 0.4) is 0 Å². The number of hydrogen-bond donors (Lipinski definition) is 1. The van der Waals surface area contributed by atoms with Gasteiger partial charge in [0, 0.05) is 32.1 Å². The molecule has 1 amide bonds. The Morgan fingerprint density at radius 2 is 2.00 bits per heavy atom. The third-order valence-electron chi connectivity index (χ3n) is 5.33. The number of carbonyl (C=O) groups excluding carboxylic acids is 1. The fourth-order valence-electron chi connectivity index (χ4n) is 3.86. The van der Waals surface area contributed by atoms with Gasteiger partial charge < -0.3 is 19.7 Å². The van der Waals surface area contributed by atoms with Crippen molar-refractivity contribution in [1.29, 1.82) is 0 Å². The van der Waals surface area contributed by atoms with E-state index in [2.05, 4.69) is 29.3 Å². The Hall–Kier alpha value is -1.75. The van der Waals surface area contributed by atoms with Crippen LogP contribution in [-0.2, 0) is 11.2 Å². The molecule has 0 aromatic heterocycles. The minimum atomic E-state index is 0.139. The van der Waals surface area contributed by atoms with Crippen molar-refractivity contribution in [2.24, 2.45) is 17.8 Å². The maximum atomic E-state index is 11.8. The van der Waals surface area contributed by atoms with E-state index < -0.39 is 0 Å². The topological polar surface area (TPSA) is 50.8 Å². The lowest BCUT2D eigenvalue weighted by Crippen LogP contribution is -2.46. The van der Waals surface area contributed by atoms with Gasteiger partial charge in [0.1, 0.15) is 0 Å². The summed E-state index contributed by atoms with van der Waals surface area (Å²) < 4.78 is 10.6. The molecule has 5 nitrogen and oxygen atoms in total. The lowest BCUT2D eigenvalue weighted by Gasteiger charge is -2.30. The first-order chi connectivity index (χ1) is 11.1. The summed E-state index contributed by atoms with van der Waals surface area (Å²) in [7, 11) is 3.32. The van der Waals surface area contributed by atoms with Crippen LogP contribution in [-0.4, -0.2) is 51.2 Å². The predicted molar refractivity (Wildman–Crippen MR) is 88.8 cm³/mol. The van der Waals surface area contributed by atoms with E-state index in [0.29, 0.717) is 11.8 Å². The fourth-order valence-corrected chi connectivity index (χ4v) is 3.86. The van der Waals surface area contributed by atoms with Gasteiger partial charge in [-0.2, -0.15) is 0 Å². The van der Waals surface area contributed by atoms with Crippen molar-refractivity contribution in [2.75, 3.05) is 40.4 Å². The Balaban J connectivity index is 1.58. The van der Waals surface area contributed by atoms with Crippen LogP contribution in [0.1, 0.15) is 12.5 Å². The van der Waals surface area contributed by atoms with Gasteiger partial charge in [-0.05, 0) is 36.0 Å². The fraction of sp³-hybridized carbons (Fsp3) is 0.611. The van der Waals surface area contributed by atoms with Crippen LogP contribution in [0, 0.1) is 17.8 Å². The van der Waals surface area contributed by atoms with Crippen LogP contribution in [0.4, 0.5) is 0 Å². The van der Waals surface area contributed by atoms with Gasteiger partial charge in [-0.25, -0.2) is 0 Å². The second-order valence-electron chi connectivity index (χ2n) is 6.66. The first-order valence-corrected chi connectivity index (χ1v) is 8.33. The molecular weight excluding hydrogens is 292 g/mol. The molecule has 1 aromatic rings. The number of hydrogen-bond acceptors (Lipinski definition) is 4. The third-order valence-corrected chi connectivity index (χ3v) is 5.33. The van der Waals surface area contributed by atoms with Crippen LogP contribution in [0.15, 0.2) is 18.2 Å². The zero-order chi connectivity index (χ0) is 16.4. The second kappa shape index (κ2) is 6.79. The van der Waals surface area contributed by atoms with E-state index in [1.54, 1.807) is 14.2 Å². The van der Waals surface area contributed by atoms with Gasteiger partial charge in [-0.1, -0.05) is 13.0 Å². The van der Waals surface area contributed by atoms with Crippen molar-refractivity contribution in [3.8, 4) is 11.5 Å². The molecule has 0 bridgehead atoms. The molecule has 126 valence electrons. The van der Waals surface area contributed by atoms with Crippen LogP contribution < -0.4 is 14.8 Å². The molecule has 2 aliphatic rings. The van der Waals surface area contributed by atoms with Gasteiger partial charge in [0.25, 0.3) is 0 Å². The van der Waals surface area contributed by atoms with E-state index in [4.69, 9.17) is 9.47 Å². The number of likely N-dealkylation sites (tertiary alicyclic amines) is 1. The summed E-state index contributed by atoms with van der Waals surface area (Å²) in [4.78, 5) is 14.3. The number of rotatable bonds is 5. The van der Waals surface area contributed by atoms with E-state index in [0.717, 1.165) is 44.1 Å². The molecule has 2 heterocycles. The predicted octanol–water partition coefficient (Wildman–Crippen LogP) is 1.56. The highest BCUT2D eigenvalue weighted by Crippen LogP contribution is 2.33. The summed E-state index contributed by atoms with van der Waals surface area (Å²) in [5.74, 6) is 3.01. The number of nitrogens with zero attached hydrogens (tertiary/aromatic N) is 1. The van der Waals surface area contributed by atoms with E-state index in [9.17, 15) is 4.79 Å². The Morgan fingerprint density at radius 3 is 2.74 bits per heavy atom. The summed E-state index contributed by atoms with van der Waals surface area (Å²) in [5.41, 5.74) is 1.25. The Kier molecular flexibility index (Phi) is 4.76. The molecule has 1 N–H and O–H groups in total. The number of carbonyl (C=O) groups is 1. The summed E-state index contributed by atoms with van der Waals surface area (Å²) in [6.45, 7) is 6.03. The van der Waals surface area contributed by atoms with Gasteiger partial charge in [0.05, 0.1) is 14.2 Å². The molecule has 0 spiro atoms. The molecule has 2 fully saturated rings. The maximum absolute atomic E-state index is 11.8. The molecule has 23 heavy (non-hydrogen) atoms. The minimum Gasteiger partial charge on any atom is -0.493 e. The van der Waals surface area contributed by atoms with Crippen molar-refractivity contribution in [2.45, 2.75) is 13.3 Å². The molecule has 1 aromatic carbocycles. The van der Waals surface area contributed by atoms with Crippen LogP contribution >= 0.6 is 0 Å². The standard InChI is InChI=1S/C18H26N2O3/c1-12-15-11-20(10-14(15)9-19-18(12)21)7-6-13-4-5-16(22-2)17(8-13)23-3/h4-5,8,12,14-15H,6-7,9-11H2,1-3H3,(H,19,21)/t12-,14+,15+/m1/s1. The number of methoxy groups -OCH3 is 2. The largest absolute Gasteiger partial charge is 0.493 e. The highest BCUT2D eigenvalue weighted by atomic mass is 16.5. The molecule has 0 saturated carbocycles. The minimum absolute atomic E-state index is 0.139. The van der Waals surface area contributed by atoms with Gasteiger partial charge in [-0.3, -0.25) is 4.79 Å². The van der Waals surface area contributed by atoms with Crippen LogP contribution in [0.25, 0.3) is 0 Å². The SMILES string of the molecule is COc1ccc(CCN2C[C@@H]3CNC(=O)[C@H](C)[C@@H]3C2)cc1OC. The summed E-state index contributed by atoms with van der Waals surface area (Å²) in [6, 6.07) is 6.11. The molecular formula is C18H26N2O3. The lowest BCUT2D eigenvalue weighted by molar-refractivity contribution is -0.128. The van der Waals surface area contributed by atoms with Gasteiger partial charge in [0.15, 0.2) is 11.5 Å². The van der Waals surface area contributed by atoms with E-state index in [1.165, 1.54) is 5.56 Å². The average molecular weight is 318 g/mol. The third kappa shape index (κ3) is 3.29. The first-order valence-electron chi connectivity index (χ1n) is 8.33. The molecule has 0 unspecified atom stereocenters. The summed E-state index contributed by atoms with van der Waals surface area (Å²) >= 11 is 0. The van der Waals surface area contributed by atoms with Crippen molar-refractivity contribution < 1.29 is 14.3 Å². The highest BCUT2D eigenvalue weighted by Gasteiger charge is 2.41. The maximum Gasteiger partial charge on any atom is 0.223 e. The highest BCUT2D eigenvalue weighted by molar-refractivity contribution is 5.79. The molecule has 3 rings (SSSR count). The lowest BCUT2D eigenvalue weighted by atomic mass is 9.81.